The molecule has 6 nitrogen and oxygen atoms in total. The summed E-state index contributed by atoms with van der Waals surface area (Å²) >= 11 is 5.99. The fourth-order valence-corrected chi connectivity index (χ4v) is 3.21. The third kappa shape index (κ3) is 4.84. The van der Waals surface area contributed by atoms with Crippen LogP contribution in [0.4, 0.5) is 11.4 Å². The fraction of sp³-hybridized carbons (Fsp3) is 0.350. The van der Waals surface area contributed by atoms with Crippen LogP contribution in [0.15, 0.2) is 48.5 Å². The van der Waals surface area contributed by atoms with Gasteiger partial charge >= 0.3 is 0 Å². The molecule has 0 fully saturated rings. The standard InChI is InChI=1S/C20H24ClN3O3/c1-4-20(5-2,15-6-8-16(21)9-7-15)22-14-19(25)23(3)17-10-12-18(13-11-17)24(26)27/h6-13,22H,4-5,14H2,1-3H3. The number of likely N-dealkylation sites (N-methyl/N-ethyl adjacent to an activating group) is 1. The SMILES string of the molecule is CCC(CC)(NCC(=O)N(C)c1ccc([N+](=O)[O-])cc1)c1ccc(Cl)cc1. The summed E-state index contributed by atoms with van der Waals surface area (Å²) in [4.78, 5) is 24.4. The van der Waals surface area contributed by atoms with Crippen LogP contribution in [0.2, 0.25) is 5.02 Å². The van der Waals surface area contributed by atoms with Crippen molar-refractivity contribution in [2.24, 2.45) is 0 Å². The van der Waals surface area contributed by atoms with Crippen LogP contribution in [0.1, 0.15) is 32.3 Å². The Labute approximate surface area is 164 Å². The van der Waals surface area contributed by atoms with Gasteiger partial charge in [-0.25, -0.2) is 0 Å². The molecule has 27 heavy (non-hydrogen) atoms. The summed E-state index contributed by atoms with van der Waals surface area (Å²) in [5.41, 5.74) is 1.37. The van der Waals surface area contributed by atoms with Gasteiger partial charge in [-0.3, -0.25) is 20.2 Å². The first-order valence-corrected chi connectivity index (χ1v) is 9.23. The average Bonchev–Trinajstić information content (AvgIpc) is 2.69. The van der Waals surface area contributed by atoms with Gasteiger partial charge in [-0.15, -0.1) is 0 Å². The molecule has 1 N–H and O–H groups in total. The summed E-state index contributed by atoms with van der Waals surface area (Å²) < 4.78 is 0. The van der Waals surface area contributed by atoms with Gasteiger partial charge in [-0.05, 0) is 42.7 Å². The number of benzene rings is 2. The summed E-state index contributed by atoms with van der Waals surface area (Å²) in [5, 5.41) is 14.8. The van der Waals surface area contributed by atoms with Crippen molar-refractivity contribution < 1.29 is 9.72 Å². The molecule has 144 valence electrons. The molecule has 0 saturated heterocycles. The lowest BCUT2D eigenvalue weighted by Gasteiger charge is -2.34. The minimum absolute atomic E-state index is 0.00329. The highest BCUT2D eigenvalue weighted by Gasteiger charge is 2.29. The Morgan fingerprint density at radius 1 is 1.11 bits per heavy atom. The second kappa shape index (κ2) is 8.97. The van der Waals surface area contributed by atoms with E-state index in [4.69, 9.17) is 11.6 Å². The van der Waals surface area contributed by atoms with Crippen molar-refractivity contribution in [3.05, 3.63) is 69.2 Å². The topological polar surface area (TPSA) is 75.5 Å². The van der Waals surface area contributed by atoms with E-state index in [2.05, 4.69) is 19.2 Å². The number of carbonyl (C=O) groups excluding carboxylic acids is 1. The first kappa shape index (κ1) is 20.9. The lowest BCUT2D eigenvalue weighted by atomic mass is 9.84. The van der Waals surface area contributed by atoms with Crippen molar-refractivity contribution in [3.63, 3.8) is 0 Å². The molecule has 0 spiro atoms. The summed E-state index contributed by atoms with van der Waals surface area (Å²) in [6, 6.07) is 13.6. The Morgan fingerprint density at radius 3 is 2.15 bits per heavy atom. The Kier molecular flexibility index (Phi) is 6.93. The van der Waals surface area contributed by atoms with Crippen molar-refractivity contribution in [1.29, 1.82) is 0 Å². The molecule has 0 aliphatic rings. The van der Waals surface area contributed by atoms with Crippen LogP contribution < -0.4 is 10.2 Å². The van der Waals surface area contributed by atoms with Crippen LogP contribution in [0.25, 0.3) is 0 Å². The molecule has 0 aliphatic carbocycles. The molecule has 0 unspecified atom stereocenters. The highest BCUT2D eigenvalue weighted by Crippen LogP contribution is 2.29. The molecule has 0 radical (unpaired) electrons. The van der Waals surface area contributed by atoms with Crippen LogP contribution in [0.3, 0.4) is 0 Å². The number of hydrogen-bond donors (Lipinski definition) is 1. The molecule has 2 rings (SSSR count). The zero-order chi connectivity index (χ0) is 20.0. The molecule has 0 atom stereocenters. The molecule has 0 heterocycles. The summed E-state index contributed by atoms with van der Waals surface area (Å²) in [7, 11) is 1.66. The van der Waals surface area contributed by atoms with Gasteiger partial charge < -0.3 is 4.90 Å². The normalized spacial score (nSPS) is 11.3. The number of nitrogens with zero attached hydrogens (tertiary/aromatic N) is 2. The van der Waals surface area contributed by atoms with E-state index < -0.39 is 4.92 Å². The van der Waals surface area contributed by atoms with E-state index in [0.29, 0.717) is 10.7 Å². The highest BCUT2D eigenvalue weighted by atomic mass is 35.5. The van der Waals surface area contributed by atoms with Crippen LogP contribution in [-0.2, 0) is 10.3 Å². The molecule has 0 aromatic heterocycles. The molecule has 1 amide bonds. The van der Waals surface area contributed by atoms with Crippen molar-refractivity contribution in [1.82, 2.24) is 5.32 Å². The lowest BCUT2D eigenvalue weighted by Crippen LogP contribution is -2.47. The molecule has 0 aliphatic heterocycles. The summed E-state index contributed by atoms with van der Waals surface area (Å²) in [5.74, 6) is -0.121. The first-order chi connectivity index (χ1) is 12.8. The van der Waals surface area contributed by atoms with Gasteiger partial charge in [0.05, 0.1) is 11.5 Å². The molecule has 2 aromatic carbocycles. The van der Waals surface area contributed by atoms with Gasteiger partial charge in [0.1, 0.15) is 0 Å². The number of nitro groups is 1. The number of amides is 1. The molecule has 7 heteroatoms. The zero-order valence-corrected chi connectivity index (χ0v) is 16.5. The molecule has 2 aromatic rings. The number of halogens is 1. The Balaban J connectivity index is 2.10. The largest absolute Gasteiger partial charge is 0.314 e. The van der Waals surface area contributed by atoms with Gasteiger partial charge in [0, 0.05) is 35.4 Å². The maximum atomic E-state index is 12.6. The monoisotopic (exact) mass is 389 g/mol. The summed E-state index contributed by atoms with van der Waals surface area (Å²) in [6.45, 7) is 4.31. The van der Waals surface area contributed by atoms with E-state index >= 15 is 0 Å². The van der Waals surface area contributed by atoms with E-state index in [9.17, 15) is 14.9 Å². The Hall–Kier alpha value is -2.44. The third-order valence-electron chi connectivity index (χ3n) is 5.00. The minimum Gasteiger partial charge on any atom is -0.314 e. The lowest BCUT2D eigenvalue weighted by molar-refractivity contribution is -0.384. The maximum Gasteiger partial charge on any atom is 0.269 e. The summed E-state index contributed by atoms with van der Waals surface area (Å²) in [6.07, 6.45) is 1.64. The number of non-ortho nitro benzene ring substituents is 1. The van der Waals surface area contributed by atoms with Gasteiger partial charge in [0.15, 0.2) is 0 Å². The smallest absolute Gasteiger partial charge is 0.269 e. The van der Waals surface area contributed by atoms with Gasteiger partial charge in [-0.2, -0.15) is 0 Å². The number of anilines is 1. The van der Waals surface area contributed by atoms with Crippen molar-refractivity contribution >= 4 is 28.9 Å². The van der Waals surface area contributed by atoms with Gasteiger partial charge in [-0.1, -0.05) is 37.6 Å². The zero-order valence-electron chi connectivity index (χ0n) is 15.7. The maximum absolute atomic E-state index is 12.6. The first-order valence-electron chi connectivity index (χ1n) is 8.85. The quantitative estimate of drug-likeness (QED) is 0.532. The van der Waals surface area contributed by atoms with Crippen LogP contribution >= 0.6 is 11.6 Å². The predicted octanol–water partition coefficient (Wildman–Crippen LogP) is 4.52. The van der Waals surface area contributed by atoms with Gasteiger partial charge in [0.25, 0.3) is 5.69 Å². The van der Waals surface area contributed by atoms with Crippen LogP contribution in [0.5, 0.6) is 0 Å². The Morgan fingerprint density at radius 2 is 1.67 bits per heavy atom. The number of nitro benzene ring substituents is 1. The van der Waals surface area contributed by atoms with E-state index in [1.807, 2.05) is 24.3 Å². The van der Waals surface area contributed by atoms with E-state index in [1.54, 1.807) is 19.2 Å². The fourth-order valence-electron chi connectivity index (χ4n) is 3.08. The van der Waals surface area contributed by atoms with E-state index in [0.717, 1.165) is 18.4 Å². The van der Waals surface area contributed by atoms with E-state index in [-0.39, 0.29) is 23.7 Å². The van der Waals surface area contributed by atoms with Crippen molar-refractivity contribution in [3.8, 4) is 0 Å². The average molecular weight is 390 g/mol. The predicted molar refractivity (Wildman–Crippen MR) is 108 cm³/mol. The second-order valence-electron chi connectivity index (χ2n) is 6.38. The second-order valence-corrected chi connectivity index (χ2v) is 6.81. The number of nitrogens with one attached hydrogen (secondary N) is 1. The number of carbonyl (C=O) groups is 1. The van der Waals surface area contributed by atoms with Crippen LogP contribution in [-0.4, -0.2) is 24.4 Å². The molecule has 0 bridgehead atoms. The number of hydrogen-bond acceptors (Lipinski definition) is 4. The highest BCUT2D eigenvalue weighted by molar-refractivity contribution is 6.30. The van der Waals surface area contributed by atoms with Gasteiger partial charge in [0.2, 0.25) is 5.91 Å². The minimum atomic E-state index is -0.462. The van der Waals surface area contributed by atoms with Crippen LogP contribution in [0, 0.1) is 10.1 Å². The molecule has 0 saturated carbocycles. The van der Waals surface area contributed by atoms with E-state index in [1.165, 1.54) is 17.0 Å². The van der Waals surface area contributed by atoms with Crippen molar-refractivity contribution in [2.75, 3.05) is 18.5 Å². The van der Waals surface area contributed by atoms with Crippen molar-refractivity contribution in [2.45, 2.75) is 32.2 Å². The number of rotatable bonds is 8. The third-order valence-corrected chi connectivity index (χ3v) is 5.26. The molecular weight excluding hydrogens is 366 g/mol. The Bertz CT molecular complexity index is 787. The molecular formula is C20H24ClN3O3.